The number of aromatic nitrogens is 1. The zero-order valence-electron chi connectivity index (χ0n) is 9.20. The summed E-state index contributed by atoms with van der Waals surface area (Å²) in [4.78, 5) is 23.5. The molecule has 0 saturated carbocycles. The largest absolute Gasteiger partial charge is 0.423 e. The Morgan fingerprint density at radius 2 is 2.17 bits per heavy atom. The molecule has 3 rings (SSSR count). The number of thiazole rings is 1. The minimum absolute atomic E-state index is 0.0509. The van der Waals surface area contributed by atoms with Gasteiger partial charge in [0.1, 0.15) is 0 Å². The first-order chi connectivity index (χ1) is 8.66. The summed E-state index contributed by atoms with van der Waals surface area (Å²) in [5.74, 6) is 0.0983. The average Bonchev–Trinajstić information content (AvgIpc) is 2.96. The van der Waals surface area contributed by atoms with E-state index in [4.69, 9.17) is 0 Å². The van der Waals surface area contributed by atoms with Crippen molar-refractivity contribution in [3.63, 3.8) is 0 Å². The van der Waals surface area contributed by atoms with Gasteiger partial charge in [-0.1, -0.05) is 18.2 Å². The Morgan fingerprint density at radius 3 is 2.72 bits per heavy atom. The van der Waals surface area contributed by atoms with Crippen LogP contribution in [0.25, 0.3) is 0 Å². The second kappa shape index (κ2) is 5.37. The van der Waals surface area contributed by atoms with Crippen LogP contribution in [0.3, 0.4) is 0 Å². The van der Waals surface area contributed by atoms with Crippen molar-refractivity contribution in [1.29, 1.82) is 0 Å². The van der Waals surface area contributed by atoms with Gasteiger partial charge in [0.25, 0.3) is 0 Å². The van der Waals surface area contributed by atoms with Crippen LogP contribution in [0.4, 0.5) is 10.8 Å². The van der Waals surface area contributed by atoms with E-state index < -0.39 is 4.92 Å². The molecule has 6 nitrogen and oxygen atoms in total. The first kappa shape index (κ1) is 12.2. The van der Waals surface area contributed by atoms with Crippen LogP contribution >= 0.6 is 11.3 Å². The summed E-state index contributed by atoms with van der Waals surface area (Å²) in [6.45, 7) is 0. The number of para-hydroxylation sites is 1. The Hall–Kier alpha value is -2.28. The molecule has 0 fully saturated rings. The van der Waals surface area contributed by atoms with Crippen LogP contribution in [0, 0.1) is 10.1 Å². The second-order valence-electron chi connectivity index (χ2n) is 3.45. The third-order valence-corrected chi connectivity index (χ3v) is 2.94. The smallest absolute Gasteiger partial charge is 0.357 e. The van der Waals surface area contributed by atoms with Crippen molar-refractivity contribution in [2.24, 2.45) is 0 Å². The number of nitrogens with one attached hydrogen (secondary N) is 1. The number of carbonyl (C=O) groups is 1. The highest BCUT2D eigenvalue weighted by Gasteiger charge is 2.15. The van der Waals surface area contributed by atoms with Gasteiger partial charge in [0.05, 0.1) is 6.42 Å². The van der Waals surface area contributed by atoms with Gasteiger partial charge in [0.2, 0.25) is 5.91 Å². The standard InChI is InChI=1S/C8H7NO.C3H2N2O2S/c10-8-5-6-3-1-2-4-7(6)9-8;6-5(7)3-4-1-2-8-3/h1-4H,5H2,(H,9,10);1-2H. The molecule has 1 aromatic carbocycles. The van der Waals surface area contributed by atoms with Gasteiger partial charge in [-0.15, -0.1) is 0 Å². The molecule has 1 aliphatic rings. The zero-order chi connectivity index (χ0) is 13.0. The molecule has 1 N–H and O–H groups in total. The highest BCUT2D eigenvalue weighted by atomic mass is 32.1. The highest BCUT2D eigenvalue weighted by Crippen LogP contribution is 2.21. The number of nitrogens with zero attached hydrogens (tertiary/aromatic N) is 2. The predicted octanol–water partition coefficient (Wildman–Crippen LogP) is 2.23. The maximum Gasteiger partial charge on any atom is 0.423 e. The van der Waals surface area contributed by atoms with E-state index in [1.807, 2.05) is 24.3 Å². The fourth-order valence-electron chi connectivity index (χ4n) is 1.47. The minimum atomic E-state index is -0.509. The molecule has 1 aliphatic heterocycles. The second-order valence-corrected chi connectivity index (χ2v) is 4.33. The van der Waals surface area contributed by atoms with Crippen molar-refractivity contribution in [3.05, 3.63) is 51.5 Å². The van der Waals surface area contributed by atoms with Crippen LogP contribution in [0.5, 0.6) is 0 Å². The average molecular weight is 263 g/mol. The first-order valence-corrected chi connectivity index (χ1v) is 5.96. The molecular formula is C11H9N3O3S. The van der Waals surface area contributed by atoms with Crippen molar-refractivity contribution < 1.29 is 9.72 Å². The molecule has 2 aromatic rings. The van der Waals surface area contributed by atoms with Crippen LogP contribution < -0.4 is 5.32 Å². The Balaban J connectivity index is 0.000000138. The lowest BCUT2D eigenvalue weighted by Gasteiger charge is -1.93. The maximum atomic E-state index is 10.8. The van der Waals surface area contributed by atoms with E-state index in [2.05, 4.69) is 10.3 Å². The van der Waals surface area contributed by atoms with Crippen molar-refractivity contribution in [3.8, 4) is 0 Å². The van der Waals surface area contributed by atoms with Gasteiger partial charge < -0.3 is 15.4 Å². The number of hydrogen-bond acceptors (Lipinski definition) is 5. The van der Waals surface area contributed by atoms with E-state index in [1.165, 1.54) is 6.20 Å². The molecule has 1 aromatic heterocycles. The molecule has 0 spiro atoms. The summed E-state index contributed by atoms with van der Waals surface area (Å²) in [5, 5.41) is 14.1. The topological polar surface area (TPSA) is 85.1 Å². The van der Waals surface area contributed by atoms with E-state index in [1.54, 1.807) is 5.38 Å². The Morgan fingerprint density at radius 1 is 1.39 bits per heavy atom. The number of rotatable bonds is 1. The monoisotopic (exact) mass is 263 g/mol. The molecule has 0 aliphatic carbocycles. The number of nitro groups is 1. The Kier molecular flexibility index (Phi) is 3.63. The molecule has 92 valence electrons. The van der Waals surface area contributed by atoms with Gasteiger partial charge >= 0.3 is 5.13 Å². The van der Waals surface area contributed by atoms with Gasteiger partial charge in [0.15, 0.2) is 6.20 Å². The molecule has 0 unspecified atom stereocenters. The quantitative estimate of drug-likeness (QED) is 0.631. The number of benzene rings is 1. The number of fused-ring (bicyclic) bond motifs is 1. The van der Waals surface area contributed by atoms with E-state index in [0.717, 1.165) is 22.6 Å². The lowest BCUT2D eigenvalue weighted by atomic mass is 10.2. The molecule has 7 heteroatoms. The van der Waals surface area contributed by atoms with Gasteiger partial charge in [0, 0.05) is 11.1 Å². The van der Waals surface area contributed by atoms with Crippen molar-refractivity contribution >= 4 is 28.1 Å². The fraction of sp³-hybridized carbons (Fsp3) is 0.0909. The number of carbonyl (C=O) groups excluding carboxylic acids is 1. The van der Waals surface area contributed by atoms with Gasteiger partial charge in [-0.25, -0.2) is 0 Å². The molecule has 0 saturated heterocycles. The van der Waals surface area contributed by atoms with Crippen LogP contribution in [-0.4, -0.2) is 15.8 Å². The van der Waals surface area contributed by atoms with E-state index >= 15 is 0 Å². The van der Waals surface area contributed by atoms with Crippen molar-refractivity contribution in [1.82, 2.24) is 4.98 Å². The summed E-state index contributed by atoms with van der Waals surface area (Å²) in [5.41, 5.74) is 2.07. The first-order valence-electron chi connectivity index (χ1n) is 5.08. The Labute approximate surface area is 106 Å². The van der Waals surface area contributed by atoms with Gasteiger partial charge in [-0.05, 0) is 32.9 Å². The summed E-state index contributed by atoms with van der Waals surface area (Å²) >= 11 is 1.02. The molecule has 0 radical (unpaired) electrons. The normalized spacial score (nSPS) is 12.1. The zero-order valence-corrected chi connectivity index (χ0v) is 10.0. The SMILES string of the molecule is O=C1Cc2ccccc2N1.O=[N+]([O-])c1nccs1. The molecular weight excluding hydrogens is 254 g/mol. The van der Waals surface area contributed by atoms with E-state index in [-0.39, 0.29) is 11.0 Å². The van der Waals surface area contributed by atoms with Crippen LogP contribution in [-0.2, 0) is 11.2 Å². The molecule has 0 atom stereocenters. The van der Waals surface area contributed by atoms with Gasteiger partial charge in [-0.3, -0.25) is 4.79 Å². The van der Waals surface area contributed by atoms with Crippen LogP contribution in [0.1, 0.15) is 5.56 Å². The third kappa shape index (κ3) is 2.89. The summed E-state index contributed by atoms with van der Waals surface area (Å²) in [7, 11) is 0. The summed E-state index contributed by atoms with van der Waals surface area (Å²) in [6.07, 6.45) is 1.94. The molecule has 18 heavy (non-hydrogen) atoms. The lowest BCUT2D eigenvalue weighted by molar-refractivity contribution is -0.384. The molecule has 2 heterocycles. The van der Waals surface area contributed by atoms with E-state index in [0.29, 0.717) is 6.42 Å². The van der Waals surface area contributed by atoms with Crippen molar-refractivity contribution in [2.45, 2.75) is 6.42 Å². The van der Waals surface area contributed by atoms with Crippen LogP contribution in [0.2, 0.25) is 0 Å². The minimum Gasteiger partial charge on any atom is -0.357 e. The Bertz CT molecular complexity index is 542. The lowest BCUT2D eigenvalue weighted by Crippen LogP contribution is -2.03. The van der Waals surface area contributed by atoms with Gasteiger partial charge in [-0.2, -0.15) is 0 Å². The van der Waals surface area contributed by atoms with Crippen molar-refractivity contribution in [2.75, 3.05) is 5.32 Å². The summed E-state index contributed by atoms with van der Waals surface area (Å²) in [6, 6.07) is 7.75. The number of amides is 1. The fourth-order valence-corrected chi connectivity index (χ4v) is 1.92. The van der Waals surface area contributed by atoms with E-state index in [9.17, 15) is 14.9 Å². The predicted molar refractivity (Wildman–Crippen MR) is 67.5 cm³/mol. The summed E-state index contributed by atoms with van der Waals surface area (Å²) < 4.78 is 0. The third-order valence-electron chi connectivity index (χ3n) is 2.22. The number of hydrogen-bond donors (Lipinski definition) is 1. The maximum absolute atomic E-state index is 10.8. The molecule has 0 bridgehead atoms. The number of anilines is 1. The highest BCUT2D eigenvalue weighted by molar-refractivity contribution is 7.12. The van der Waals surface area contributed by atoms with Crippen LogP contribution in [0.15, 0.2) is 35.8 Å². The molecule has 1 amide bonds.